The highest BCUT2D eigenvalue weighted by Crippen LogP contribution is 2.29. The molecule has 2 aromatic carbocycles. The number of alkyl halides is 3. The van der Waals surface area contributed by atoms with Gasteiger partial charge in [0, 0.05) is 42.2 Å². The molecule has 5 rings (SSSR count). The van der Waals surface area contributed by atoms with Crippen molar-refractivity contribution in [3.05, 3.63) is 53.7 Å². The molecule has 13 heteroatoms. The van der Waals surface area contributed by atoms with E-state index in [0.717, 1.165) is 41.5 Å². The minimum atomic E-state index is -5.08. The lowest BCUT2D eigenvalue weighted by Gasteiger charge is -2.28. The molecule has 0 atom stereocenters. The van der Waals surface area contributed by atoms with Gasteiger partial charge in [0.05, 0.1) is 18.1 Å². The summed E-state index contributed by atoms with van der Waals surface area (Å²) in [6.45, 7) is 6.41. The van der Waals surface area contributed by atoms with Crippen LogP contribution < -0.4 is 0 Å². The third-order valence-corrected chi connectivity index (χ3v) is 6.20. The Morgan fingerprint density at radius 3 is 2.46 bits per heavy atom. The molecule has 39 heavy (non-hydrogen) atoms. The number of hydrogen-bond donors (Lipinski definition) is 2. The van der Waals surface area contributed by atoms with E-state index in [-0.39, 0.29) is 6.42 Å². The molecular weight excluding hydrogens is 519 g/mol. The Morgan fingerprint density at radius 2 is 1.79 bits per heavy atom. The third kappa shape index (κ3) is 6.60. The summed E-state index contributed by atoms with van der Waals surface area (Å²) in [4.78, 5) is 26.5. The Kier molecular flexibility index (Phi) is 8.00. The zero-order valence-corrected chi connectivity index (χ0v) is 21.1. The van der Waals surface area contributed by atoms with Crippen LogP contribution >= 0.6 is 0 Å². The van der Waals surface area contributed by atoms with Crippen molar-refractivity contribution in [3.63, 3.8) is 0 Å². The molecule has 0 bridgehead atoms. The van der Waals surface area contributed by atoms with Crippen LogP contribution in [0.1, 0.15) is 37.4 Å². The second-order valence-corrected chi connectivity index (χ2v) is 9.34. The summed E-state index contributed by atoms with van der Waals surface area (Å²) in [5, 5.41) is 25.7. The van der Waals surface area contributed by atoms with E-state index in [2.05, 4.69) is 46.1 Å². The second kappa shape index (κ2) is 11.2. The summed E-state index contributed by atoms with van der Waals surface area (Å²) in [6.07, 6.45) is -2.17. The van der Waals surface area contributed by atoms with Crippen LogP contribution in [-0.4, -0.2) is 66.2 Å². The summed E-state index contributed by atoms with van der Waals surface area (Å²) in [5.74, 6) is -2.47. The number of aromatic nitrogens is 4. The number of hydrogen-bond acceptors (Lipinski definition) is 7. The molecule has 0 spiro atoms. The Hall–Kier alpha value is -4.26. The van der Waals surface area contributed by atoms with Crippen molar-refractivity contribution in [3.8, 4) is 22.8 Å². The Morgan fingerprint density at radius 1 is 1.08 bits per heavy atom. The normalized spacial score (nSPS) is 13.7. The number of carbonyl (C=O) groups is 2. The second-order valence-electron chi connectivity index (χ2n) is 9.34. The number of fused-ring (bicyclic) bond motifs is 2. The Bertz CT molecular complexity index is 1490. The van der Waals surface area contributed by atoms with E-state index in [1.54, 1.807) is 0 Å². The number of carboxylic acids is 2. The van der Waals surface area contributed by atoms with Crippen LogP contribution in [0.4, 0.5) is 13.2 Å². The fraction of sp³-hybridized carbons (Fsp3) is 0.346. The van der Waals surface area contributed by atoms with Gasteiger partial charge in [0.2, 0.25) is 5.82 Å². The lowest BCUT2D eigenvalue weighted by atomic mass is 9.97. The van der Waals surface area contributed by atoms with Crippen LogP contribution in [0, 0.1) is 0 Å². The summed E-state index contributed by atoms with van der Waals surface area (Å²) in [6, 6.07) is 12.5. The Labute approximate surface area is 220 Å². The number of halogens is 3. The molecule has 2 N–H and O–H groups in total. The van der Waals surface area contributed by atoms with Gasteiger partial charge < -0.3 is 14.7 Å². The van der Waals surface area contributed by atoms with Crippen molar-refractivity contribution in [1.82, 2.24) is 24.8 Å². The highest BCUT2D eigenvalue weighted by Gasteiger charge is 2.38. The zero-order chi connectivity index (χ0) is 28.3. The van der Waals surface area contributed by atoms with Gasteiger partial charge in [0.1, 0.15) is 0 Å². The van der Waals surface area contributed by atoms with Crippen LogP contribution in [0.3, 0.4) is 0 Å². The van der Waals surface area contributed by atoms with E-state index < -0.39 is 18.1 Å². The van der Waals surface area contributed by atoms with Crippen molar-refractivity contribution >= 4 is 22.8 Å². The van der Waals surface area contributed by atoms with Gasteiger partial charge in [0.15, 0.2) is 0 Å². The van der Waals surface area contributed by atoms with Gasteiger partial charge >= 0.3 is 18.1 Å². The maximum absolute atomic E-state index is 10.8. The van der Waals surface area contributed by atoms with Crippen LogP contribution in [0.2, 0.25) is 0 Å². The lowest BCUT2D eigenvalue weighted by molar-refractivity contribution is -0.192. The highest BCUT2D eigenvalue weighted by atomic mass is 19.4. The van der Waals surface area contributed by atoms with Crippen molar-refractivity contribution in [1.29, 1.82) is 0 Å². The summed E-state index contributed by atoms with van der Waals surface area (Å²) in [5.41, 5.74) is 5.35. The predicted molar refractivity (Wildman–Crippen MR) is 134 cm³/mol. The topological polar surface area (TPSA) is 135 Å². The predicted octanol–water partition coefficient (Wildman–Crippen LogP) is 4.80. The molecule has 0 saturated heterocycles. The molecule has 4 aromatic rings. The summed E-state index contributed by atoms with van der Waals surface area (Å²) < 4.78 is 39.3. The minimum absolute atomic E-state index is 0.170. The van der Waals surface area contributed by atoms with E-state index in [4.69, 9.17) is 19.5 Å². The van der Waals surface area contributed by atoms with Crippen molar-refractivity contribution in [2.75, 3.05) is 13.1 Å². The van der Waals surface area contributed by atoms with Gasteiger partial charge in [-0.25, -0.2) is 4.79 Å². The maximum Gasteiger partial charge on any atom is 0.490 e. The van der Waals surface area contributed by atoms with Gasteiger partial charge in [-0.3, -0.25) is 14.4 Å². The molecule has 0 amide bonds. The fourth-order valence-electron chi connectivity index (χ4n) is 4.25. The molecule has 0 unspecified atom stereocenters. The van der Waals surface area contributed by atoms with Crippen LogP contribution in [0.15, 0.2) is 47.1 Å². The third-order valence-electron chi connectivity index (χ3n) is 6.20. The molecule has 10 nitrogen and oxygen atoms in total. The van der Waals surface area contributed by atoms with E-state index in [1.165, 1.54) is 11.1 Å². The lowest BCUT2D eigenvalue weighted by Crippen LogP contribution is -2.32. The molecule has 0 radical (unpaired) electrons. The van der Waals surface area contributed by atoms with Gasteiger partial charge in [-0.05, 0) is 55.7 Å². The van der Waals surface area contributed by atoms with Gasteiger partial charge in [-0.2, -0.15) is 23.3 Å². The molecule has 2 aromatic heterocycles. The van der Waals surface area contributed by atoms with Crippen LogP contribution in [0.5, 0.6) is 0 Å². The fourth-order valence-corrected chi connectivity index (χ4v) is 4.25. The largest absolute Gasteiger partial charge is 0.490 e. The van der Waals surface area contributed by atoms with Crippen molar-refractivity contribution < 1.29 is 37.5 Å². The summed E-state index contributed by atoms with van der Waals surface area (Å²) >= 11 is 0. The summed E-state index contributed by atoms with van der Waals surface area (Å²) in [7, 11) is 0. The zero-order valence-electron chi connectivity index (χ0n) is 21.1. The molecular formula is C26H26F3N5O5. The average Bonchev–Trinajstić information content (AvgIpc) is 3.54. The van der Waals surface area contributed by atoms with Crippen LogP contribution in [0.25, 0.3) is 33.7 Å². The highest BCUT2D eigenvalue weighted by molar-refractivity contribution is 5.83. The van der Waals surface area contributed by atoms with Gasteiger partial charge in [0.25, 0.3) is 5.89 Å². The molecule has 1 aliphatic heterocycles. The van der Waals surface area contributed by atoms with Crippen molar-refractivity contribution in [2.45, 2.75) is 45.5 Å². The molecule has 1 aliphatic rings. The minimum Gasteiger partial charge on any atom is -0.481 e. The quantitative estimate of drug-likeness (QED) is 0.350. The average molecular weight is 546 g/mol. The monoisotopic (exact) mass is 545 g/mol. The SMILES string of the molecule is CC(C)n1ncc2cc(-c3nc(-c4ccc5c(c4)CCN(CCC(=O)O)C5)no3)ccc21.O=C(O)C(F)(F)F. The Balaban J connectivity index is 0.000000448. The number of benzene rings is 2. The first-order valence-corrected chi connectivity index (χ1v) is 12.1. The molecule has 206 valence electrons. The molecule has 0 fully saturated rings. The standard InChI is InChI=1S/C24H25N5O3.C2HF3O2/c1-15(2)29-21-6-5-18(12-20(21)13-25-29)24-26-23(27-32-24)17-3-4-19-14-28(10-8-22(30)31)9-7-16(19)11-17;3-2(4,5)1(6)7/h3-6,11-13,15H,7-10,14H2,1-2H3,(H,30,31);(H,6,7). The molecule has 0 saturated carbocycles. The number of carboxylic acid groups (broad SMARTS) is 2. The number of rotatable bonds is 6. The van der Waals surface area contributed by atoms with E-state index >= 15 is 0 Å². The first kappa shape index (κ1) is 27.8. The van der Waals surface area contributed by atoms with Crippen LogP contribution in [-0.2, 0) is 22.6 Å². The molecule has 0 aliphatic carbocycles. The van der Waals surface area contributed by atoms with E-state index in [0.29, 0.717) is 24.3 Å². The van der Waals surface area contributed by atoms with Crippen molar-refractivity contribution in [2.24, 2.45) is 0 Å². The maximum atomic E-state index is 10.8. The van der Waals surface area contributed by atoms with E-state index in [1.807, 2.05) is 35.1 Å². The smallest absolute Gasteiger partial charge is 0.481 e. The number of nitrogens with zero attached hydrogens (tertiary/aromatic N) is 5. The number of aliphatic carboxylic acids is 2. The van der Waals surface area contributed by atoms with Gasteiger partial charge in [-0.1, -0.05) is 17.3 Å². The first-order chi connectivity index (χ1) is 18.4. The molecule has 3 heterocycles. The van der Waals surface area contributed by atoms with Gasteiger partial charge in [-0.15, -0.1) is 0 Å². The first-order valence-electron chi connectivity index (χ1n) is 12.1. The van der Waals surface area contributed by atoms with E-state index in [9.17, 15) is 18.0 Å².